The molecule has 1 fully saturated rings. The van der Waals surface area contributed by atoms with Gasteiger partial charge in [0.05, 0.1) is 11.8 Å². The molecule has 0 aliphatic carbocycles. The van der Waals surface area contributed by atoms with E-state index >= 15 is 0 Å². The SMILES string of the molecule is Cc1nc(CN(CCN(C)C)C[C@@H]2CCCO2)co1. The van der Waals surface area contributed by atoms with Crippen LogP contribution in [0.2, 0.25) is 0 Å². The highest BCUT2D eigenvalue weighted by atomic mass is 16.5. The second-order valence-corrected chi connectivity index (χ2v) is 5.53. The van der Waals surface area contributed by atoms with E-state index in [0.29, 0.717) is 6.10 Å². The van der Waals surface area contributed by atoms with Crippen LogP contribution in [-0.2, 0) is 11.3 Å². The van der Waals surface area contributed by atoms with Crippen LogP contribution in [-0.4, -0.2) is 61.2 Å². The van der Waals surface area contributed by atoms with E-state index < -0.39 is 0 Å². The maximum atomic E-state index is 5.73. The molecule has 1 aliphatic heterocycles. The highest BCUT2D eigenvalue weighted by molar-refractivity contribution is 4.95. The minimum Gasteiger partial charge on any atom is -0.449 e. The first-order valence-corrected chi connectivity index (χ1v) is 7.03. The number of hydrogen-bond acceptors (Lipinski definition) is 5. The van der Waals surface area contributed by atoms with Crippen LogP contribution < -0.4 is 0 Å². The molecule has 1 aromatic rings. The molecule has 0 N–H and O–H groups in total. The molecule has 1 saturated heterocycles. The number of rotatable bonds is 7. The lowest BCUT2D eigenvalue weighted by Gasteiger charge is -2.25. The highest BCUT2D eigenvalue weighted by Gasteiger charge is 2.20. The van der Waals surface area contributed by atoms with Gasteiger partial charge >= 0.3 is 0 Å². The van der Waals surface area contributed by atoms with Gasteiger partial charge in [0, 0.05) is 39.7 Å². The lowest BCUT2D eigenvalue weighted by atomic mass is 10.2. The summed E-state index contributed by atoms with van der Waals surface area (Å²) in [4.78, 5) is 9.00. The topological polar surface area (TPSA) is 41.7 Å². The first kappa shape index (κ1) is 14.5. The second-order valence-electron chi connectivity index (χ2n) is 5.53. The van der Waals surface area contributed by atoms with Gasteiger partial charge in [-0.2, -0.15) is 0 Å². The number of aryl methyl sites for hydroxylation is 1. The summed E-state index contributed by atoms with van der Waals surface area (Å²) < 4.78 is 11.0. The van der Waals surface area contributed by atoms with Crippen LogP contribution >= 0.6 is 0 Å². The Morgan fingerprint density at radius 1 is 1.37 bits per heavy atom. The summed E-state index contributed by atoms with van der Waals surface area (Å²) in [6, 6.07) is 0. The number of nitrogens with zero attached hydrogens (tertiary/aromatic N) is 3. The Labute approximate surface area is 115 Å². The first-order valence-electron chi connectivity index (χ1n) is 7.03. The molecule has 2 heterocycles. The summed E-state index contributed by atoms with van der Waals surface area (Å²) in [7, 11) is 4.20. The molecule has 1 aliphatic rings. The molecule has 5 heteroatoms. The Balaban J connectivity index is 1.88. The van der Waals surface area contributed by atoms with Crippen molar-refractivity contribution in [2.24, 2.45) is 0 Å². The fourth-order valence-corrected chi connectivity index (χ4v) is 2.36. The lowest BCUT2D eigenvalue weighted by Crippen LogP contribution is -2.36. The van der Waals surface area contributed by atoms with Crippen molar-refractivity contribution in [1.82, 2.24) is 14.8 Å². The number of oxazole rings is 1. The average Bonchev–Trinajstić information content (AvgIpc) is 2.98. The number of aromatic nitrogens is 1. The number of hydrogen-bond donors (Lipinski definition) is 0. The van der Waals surface area contributed by atoms with Crippen molar-refractivity contribution in [3.63, 3.8) is 0 Å². The van der Waals surface area contributed by atoms with E-state index in [0.717, 1.165) is 44.4 Å². The summed E-state index contributed by atoms with van der Waals surface area (Å²) in [5, 5.41) is 0. The van der Waals surface area contributed by atoms with Gasteiger partial charge in [0.1, 0.15) is 6.26 Å². The van der Waals surface area contributed by atoms with E-state index in [-0.39, 0.29) is 0 Å². The Bertz CT molecular complexity index is 373. The fraction of sp³-hybridized carbons (Fsp3) is 0.786. The van der Waals surface area contributed by atoms with Gasteiger partial charge in [0.25, 0.3) is 0 Å². The van der Waals surface area contributed by atoms with Gasteiger partial charge in [0.15, 0.2) is 5.89 Å². The summed E-state index contributed by atoms with van der Waals surface area (Å²) in [6.07, 6.45) is 4.51. The molecule has 5 nitrogen and oxygen atoms in total. The third-order valence-corrected chi connectivity index (χ3v) is 3.40. The lowest BCUT2D eigenvalue weighted by molar-refractivity contribution is 0.0678. The van der Waals surface area contributed by atoms with E-state index in [2.05, 4.69) is 28.9 Å². The van der Waals surface area contributed by atoms with Crippen molar-refractivity contribution in [2.75, 3.05) is 40.3 Å². The van der Waals surface area contributed by atoms with Crippen LogP contribution in [0.5, 0.6) is 0 Å². The smallest absolute Gasteiger partial charge is 0.191 e. The average molecular weight is 267 g/mol. The minimum atomic E-state index is 0.384. The summed E-state index contributed by atoms with van der Waals surface area (Å²) in [5.41, 5.74) is 1.01. The maximum absolute atomic E-state index is 5.73. The first-order chi connectivity index (χ1) is 9.13. The van der Waals surface area contributed by atoms with Crippen molar-refractivity contribution in [1.29, 1.82) is 0 Å². The van der Waals surface area contributed by atoms with E-state index in [1.54, 1.807) is 6.26 Å². The van der Waals surface area contributed by atoms with Crippen molar-refractivity contribution < 1.29 is 9.15 Å². The molecule has 0 spiro atoms. The van der Waals surface area contributed by atoms with Crippen molar-refractivity contribution in [3.8, 4) is 0 Å². The monoisotopic (exact) mass is 267 g/mol. The molecule has 1 aromatic heterocycles. The molecular formula is C14H25N3O2. The van der Waals surface area contributed by atoms with Crippen LogP contribution in [0.1, 0.15) is 24.4 Å². The molecule has 108 valence electrons. The van der Waals surface area contributed by atoms with Crippen molar-refractivity contribution in [2.45, 2.75) is 32.4 Å². The predicted molar refractivity (Wildman–Crippen MR) is 74.0 cm³/mol. The van der Waals surface area contributed by atoms with Crippen molar-refractivity contribution >= 4 is 0 Å². The predicted octanol–water partition coefficient (Wildman–Crippen LogP) is 1.53. The van der Waals surface area contributed by atoms with Gasteiger partial charge in [-0.3, -0.25) is 4.90 Å². The quantitative estimate of drug-likeness (QED) is 0.749. The number of likely N-dealkylation sites (N-methyl/N-ethyl adjacent to an activating group) is 1. The van der Waals surface area contributed by atoms with E-state index in [9.17, 15) is 0 Å². The third-order valence-electron chi connectivity index (χ3n) is 3.40. The molecule has 0 unspecified atom stereocenters. The largest absolute Gasteiger partial charge is 0.449 e. The van der Waals surface area contributed by atoms with Gasteiger partial charge in [0.2, 0.25) is 0 Å². The van der Waals surface area contributed by atoms with Crippen LogP contribution in [0.25, 0.3) is 0 Å². The maximum Gasteiger partial charge on any atom is 0.191 e. The highest BCUT2D eigenvalue weighted by Crippen LogP contribution is 2.15. The zero-order chi connectivity index (χ0) is 13.7. The van der Waals surface area contributed by atoms with Crippen molar-refractivity contribution in [3.05, 3.63) is 17.8 Å². The zero-order valence-electron chi connectivity index (χ0n) is 12.3. The van der Waals surface area contributed by atoms with E-state index in [1.807, 2.05) is 6.92 Å². The molecule has 0 amide bonds. The van der Waals surface area contributed by atoms with Crippen LogP contribution in [0.3, 0.4) is 0 Å². The third kappa shape index (κ3) is 4.93. The fourth-order valence-electron chi connectivity index (χ4n) is 2.36. The molecule has 0 bridgehead atoms. The molecule has 19 heavy (non-hydrogen) atoms. The Kier molecular flexibility index (Phi) is 5.36. The van der Waals surface area contributed by atoms with Gasteiger partial charge in [-0.15, -0.1) is 0 Å². The van der Waals surface area contributed by atoms with Gasteiger partial charge in [-0.05, 0) is 26.9 Å². The molecule has 0 radical (unpaired) electrons. The van der Waals surface area contributed by atoms with Crippen LogP contribution in [0.15, 0.2) is 10.7 Å². The summed E-state index contributed by atoms with van der Waals surface area (Å²) >= 11 is 0. The van der Waals surface area contributed by atoms with Crippen LogP contribution in [0.4, 0.5) is 0 Å². The summed E-state index contributed by atoms with van der Waals surface area (Å²) in [6.45, 7) is 6.69. The second kappa shape index (κ2) is 7.03. The number of ether oxygens (including phenoxy) is 1. The Hall–Kier alpha value is -0.910. The van der Waals surface area contributed by atoms with E-state index in [4.69, 9.17) is 9.15 Å². The molecule has 2 rings (SSSR count). The molecule has 1 atom stereocenters. The van der Waals surface area contributed by atoms with E-state index in [1.165, 1.54) is 12.8 Å². The minimum absolute atomic E-state index is 0.384. The van der Waals surface area contributed by atoms with Gasteiger partial charge < -0.3 is 14.1 Å². The summed E-state index contributed by atoms with van der Waals surface area (Å²) in [5.74, 6) is 0.736. The Morgan fingerprint density at radius 3 is 2.79 bits per heavy atom. The molecular weight excluding hydrogens is 242 g/mol. The van der Waals surface area contributed by atoms with Gasteiger partial charge in [-0.1, -0.05) is 0 Å². The molecule has 0 aromatic carbocycles. The zero-order valence-corrected chi connectivity index (χ0v) is 12.3. The molecule has 0 saturated carbocycles. The van der Waals surface area contributed by atoms with Gasteiger partial charge in [-0.25, -0.2) is 4.98 Å². The normalized spacial score (nSPS) is 19.7. The standard InChI is InChI=1S/C14H25N3O2/c1-12-15-13(11-19-12)9-17(7-6-16(2)3)10-14-5-4-8-18-14/h11,14H,4-10H2,1-3H3/t14-/m0/s1. The Morgan fingerprint density at radius 2 is 2.21 bits per heavy atom. The van der Waals surface area contributed by atoms with Crippen LogP contribution in [0, 0.1) is 6.92 Å².